The summed E-state index contributed by atoms with van der Waals surface area (Å²) in [5.41, 5.74) is 4.26. The molecule has 0 bridgehead atoms. The molecule has 0 atom stereocenters. The Bertz CT molecular complexity index is 564. The van der Waals surface area contributed by atoms with Crippen molar-refractivity contribution >= 4 is 5.82 Å². The van der Waals surface area contributed by atoms with E-state index in [1.165, 1.54) is 0 Å². The van der Waals surface area contributed by atoms with Gasteiger partial charge in [0.25, 0.3) is 0 Å². The van der Waals surface area contributed by atoms with E-state index in [1.807, 2.05) is 31.2 Å². The van der Waals surface area contributed by atoms with Crippen LogP contribution in [0.15, 0.2) is 24.3 Å². The van der Waals surface area contributed by atoms with Gasteiger partial charge in [0.05, 0.1) is 12.8 Å². The van der Waals surface area contributed by atoms with Gasteiger partial charge in [-0.25, -0.2) is 0 Å². The highest BCUT2D eigenvalue weighted by Crippen LogP contribution is 2.27. The molecule has 0 radical (unpaired) electrons. The first-order valence-electron chi connectivity index (χ1n) is 6.39. The van der Waals surface area contributed by atoms with Crippen molar-refractivity contribution in [3.63, 3.8) is 0 Å². The monoisotopic (exact) mass is 257 g/mol. The van der Waals surface area contributed by atoms with E-state index in [0.717, 1.165) is 40.5 Å². The molecule has 2 rings (SSSR count). The van der Waals surface area contributed by atoms with E-state index in [4.69, 9.17) is 4.74 Å². The van der Waals surface area contributed by atoms with Crippen LogP contribution in [0.4, 0.5) is 5.82 Å². The fourth-order valence-corrected chi connectivity index (χ4v) is 1.96. The second-order valence-corrected chi connectivity index (χ2v) is 4.41. The van der Waals surface area contributed by atoms with Gasteiger partial charge in [-0.05, 0) is 56.2 Å². The minimum atomic E-state index is 0.843. The van der Waals surface area contributed by atoms with Gasteiger partial charge in [-0.2, -0.15) is 0 Å². The zero-order valence-corrected chi connectivity index (χ0v) is 11.8. The fourth-order valence-electron chi connectivity index (χ4n) is 1.96. The average molecular weight is 257 g/mol. The number of nitrogens with one attached hydrogen (secondary N) is 1. The van der Waals surface area contributed by atoms with Crippen molar-refractivity contribution in [1.29, 1.82) is 0 Å². The van der Waals surface area contributed by atoms with Crippen LogP contribution in [0.25, 0.3) is 11.3 Å². The fraction of sp³-hybridized carbons (Fsp3) is 0.333. The van der Waals surface area contributed by atoms with Crippen molar-refractivity contribution in [3.8, 4) is 17.0 Å². The number of benzene rings is 1. The third kappa shape index (κ3) is 2.67. The summed E-state index contributed by atoms with van der Waals surface area (Å²) in [6.45, 7) is 7.03. The molecule has 19 heavy (non-hydrogen) atoms. The summed E-state index contributed by atoms with van der Waals surface area (Å²) in [7, 11) is 1.66. The minimum absolute atomic E-state index is 0.843. The zero-order valence-electron chi connectivity index (χ0n) is 11.8. The molecule has 1 N–H and O–H groups in total. The van der Waals surface area contributed by atoms with Crippen molar-refractivity contribution in [2.75, 3.05) is 19.0 Å². The predicted molar refractivity (Wildman–Crippen MR) is 77.7 cm³/mol. The molecule has 0 aliphatic carbocycles. The number of aromatic nitrogens is 2. The maximum Gasteiger partial charge on any atom is 0.151 e. The Morgan fingerprint density at radius 1 is 1.05 bits per heavy atom. The van der Waals surface area contributed by atoms with Gasteiger partial charge in [-0.1, -0.05) is 0 Å². The lowest BCUT2D eigenvalue weighted by atomic mass is 10.0. The highest BCUT2D eigenvalue weighted by atomic mass is 16.5. The lowest BCUT2D eigenvalue weighted by Gasteiger charge is -2.12. The minimum Gasteiger partial charge on any atom is -0.497 e. The Morgan fingerprint density at radius 3 is 2.32 bits per heavy atom. The third-order valence-electron chi connectivity index (χ3n) is 3.23. The number of hydrogen-bond acceptors (Lipinski definition) is 4. The largest absolute Gasteiger partial charge is 0.497 e. The number of hydrogen-bond donors (Lipinski definition) is 1. The second-order valence-electron chi connectivity index (χ2n) is 4.41. The summed E-state index contributed by atoms with van der Waals surface area (Å²) in [6.07, 6.45) is 0. The normalized spacial score (nSPS) is 10.3. The van der Waals surface area contributed by atoms with Crippen LogP contribution < -0.4 is 10.1 Å². The summed E-state index contributed by atoms with van der Waals surface area (Å²) >= 11 is 0. The molecule has 4 nitrogen and oxygen atoms in total. The van der Waals surface area contributed by atoms with Crippen molar-refractivity contribution in [1.82, 2.24) is 10.2 Å². The molecule has 0 spiro atoms. The second kappa shape index (κ2) is 5.69. The predicted octanol–water partition coefficient (Wildman–Crippen LogP) is 3.20. The molecule has 1 aromatic heterocycles. The Hall–Kier alpha value is -2.10. The van der Waals surface area contributed by atoms with Crippen LogP contribution in [-0.4, -0.2) is 23.9 Å². The molecule has 0 unspecified atom stereocenters. The summed E-state index contributed by atoms with van der Waals surface area (Å²) in [5.74, 6) is 1.70. The van der Waals surface area contributed by atoms with Gasteiger partial charge in [0.15, 0.2) is 5.82 Å². The van der Waals surface area contributed by atoms with Gasteiger partial charge in [-0.15, -0.1) is 10.2 Å². The van der Waals surface area contributed by atoms with Crippen LogP contribution >= 0.6 is 0 Å². The Morgan fingerprint density at radius 2 is 1.74 bits per heavy atom. The SMILES string of the molecule is CCNc1nnc(-c2ccc(OC)cc2)c(C)c1C. The number of nitrogens with zero attached hydrogens (tertiary/aromatic N) is 2. The first kappa shape index (κ1) is 13.3. The Kier molecular flexibility index (Phi) is 4.00. The van der Waals surface area contributed by atoms with Gasteiger partial charge in [0.1, 0.15) is 5.75 Å². The maximum absolute atomic E-state index is 5.16. The van der Waals surface area contributed by atoms with E-state index in [2.05, 4.69) is 29.4 Å². The lowest BCUT2D eigenvalue weighted by Crippen LogP contribution is -2.06. The van der Waals surface area contributed by atoms with Crippen LogP contribution in [0.1, 0.15) is 18.1 Å². The summed E-state index contributed by atoms with van der Waals surface area (Å²) in [4.78, 5) is 0. The molecule has 2 aromatic rings. The van der Waals surface area contributed by atoms with Crippen molar-refractivity contribution < 1.29 is 4.74 Å². The van der Waals surface area contributed by atoms with Gasteiger partial charge in [0, 0.05) is 12.1 Å². The molecule has 100 valence electrons. The van der Waals surface area contributed by atoms with Gasteiger partial charge < -0.3 is 10.1 Å². The number of anilines is 1. The number of methoxy groups -OCH3 is 1. The smallest absolute Gasteiger partial charge is 0.151 e. The first-order valence-corrected chi connectivity index (χ1v) is 6.39. The van der Waals surface area contributed by atoms with Crippen molar-refractivity contribution in [2.24, 2.45) is 0 Å². The Labute approximate surface area is 113 Å². The highest BCUT2D eigenvalue weighted by molar-refractivity contribution is 5.67. The zero-order chi connectivity index (χ0) is 13.8. The van der Waals surface area contributed by atoms with Gasteiger partial charge in [0.2, 0.25) is 0 Å². The molecular formula is C15H19N3O. The maximum atomic E-state index is 5.16. The first-order chi connectivity index (χ1) is 9.17. The molecule has 0 aliphatic heterocycles. The van der Waals surface area contributed by atoms with Crippen LogP contribution in [-0.2, 0) is 0 Å². The molecule has 0 fully saturated rings. The van der Waals surface area contributed by atoms with Crippen LogP contribution in [0, 0.1) is 13.8 Å². The van der Waals surface area contributed by atoms with Crippen molar-refractivity contribution in [3.05, 3.63) is 35.4 Å². The molecular weight excluding hydrogens is 238 g/mol. The van der Waals surface area contributed by atoms with E-state index in [9.17, 15) is 0 Å². The van der Waals surface area contributed by atoms with Gasteiger partial charge in [-0.3, -0.25) is 0 Å². The summed E-state index contributed by atoms with van der Waals surface area (Å²) in [6, 6.07) is 7.87. The molecule has 0 saturated carbocycles. The summed E-state index contributed by atoms with van der Waals surface area (Å²) in [5, 5.41) is 11.8. The van der Waals surface area contributed by atoms with E-state index in [0.29, 0.717) is 0 Å². The standard InChI is InChI=1S/C15H19N3O/c1-5-16-15-11(3)10(2)14(17-18-15)12-6-8-13(19-4)9-7-12/h6-9H,5H2,1-4H3,(H,16,18). The average Bonchev–Trinajstić information content (AvgIpc) is 2.45. The number of ether oxygens (including phenoxy) is 1. The van der Waals surface area contributed by atoms with Crippen molar-refractivity contribution in [2.45, 2.75) is 20.8 Å². The van der Waals surface area contributed by atoms with E-state index < -0.39 is 0 Å². The van der Waals surface area contributed by atoms with E-state index in [-0.39, 0.29) is 0 Å². The highest BCUT2D eigenvalue weighted by Gasteiger charge is 2.10. The molecule has 0 amide bonds. The van der Waals surface area contributed by atoms with E-state index in [1.54, 1.807) is 7.11 Å². The lowest BCUT2D eigenvalue weighted by molar-refractivity contribution is 0.415. The van der Waals surface area contributed by atoms with Gasteiger partial charge >= 0.3 is 0 Å². The number of rotatable bonds is 4. The quantitative estimate of drug-likeness (QED) is 0.913. The van der Waals surface area contributed by atoms with Crippen LogP contribution in [0.3, 0.4) is 0 Å². The van der Waals surface area contributed by atoms with Crippen LogP contribution in [0.2, 0.25) is 0 Å². The topological polar surface area (TPSA) is 47.0 Å². The molecule has 4 heteroatoms. The third-order valence-corrected chi connectivity index (χ3v) is 3.23. The molecule has 0 saturated heterocycles. The molecule has 0 aliphatic rings. The molecule has 1 heterocycles. The van der Waals surface area contributed by atoms with Crippen LogP contribution in [0.5, 0.6) is 5.75 Å². The summed E-state index contributed by atoms with van der Waals surface area (Å²) < 4.78 is 5.16. The Balaban J connectivity index is 2.41. The molecule has 1 aromatic carbocycles. The van der Waals surface area contributed by atoms with E-state index >= 15 is 0 Å².